The van der Waals surface area contributed by atoms with Gasteiger partial charge >= 0.3 is 0 Å². The Balaban J connectivity index is 1.58. The van der Waals surface area contributed by atoms with Crippen LogP contribution in [0.15, 0.2) is 72.1 Å². The molecule has 39 heavy (non-hydrogen) atoms. The van der Waals surface area contributed by atoms with Crippen molar-refractivity contribution in [1.29, 1.82) is 0 Å². The van der Waals surface area contributed by atoms with Crippen molar-refractivity contribution in [1.82, 2.24) is 14.9 Å². The minimum absolute atomic E-state index is 0.0752. The molecule has 202 valence electrons. The van der Waals surface area contributed by atoms with Crippen LogP contribution in [-0.4, -0.2) is 60.1 Å². The number of hydrogen-bond donors (Lipinski definition) is 1. The Morgan fingerprint density at radius 1 is 1.18 bits per heavy atom. The van der Waals surface area contributed by atoms with Crippen LogP contribution < -0.4 is 19.5 Å². The average Bonchev–Trinajstić information content (AvgIpc) is 3.48. The number of nitrogens with zero attached hydrogens (tertiary/aromatic N) is 3. The van der Waals surface area contributed by atoms with Crippen molar-refractivity contribution in [3.05, 3.63) is 67.7 Å². The first-order valence-electron chi connectivity index (χ1n) is 12.1. The summed E-state index contributed by atoms with van der Waals surface area (Å²) >= 11 is 0. The molecular weight excluding hydrogens is 510 g/mol. The molecule has 1 aliphatic heterocycles. The number of piperidine rings is 1. The van der Waals surface area contributed by atoms with Gasteiger partial charge in [-0.2, -0.15) is 0 Å². The van der Waals surface area contributed by atoms with Gasteiger partial charge in [-0.25, -0.2) is 18.7 Å². The number of halogens is 2. The predicted molar refractivity (Wildman–Crippen MR) is 141 cm³/mol. The van der Waals surface area contributed by atoms with Crippen LogP contribution in [0.4, 0.5) is 20.3 Å². The second-order valence-corrected chi connectivity index (χ2v) is 8.87. The number of hydrogen-bond acceptors (Lipinski definition) is 8. The molecule has 5 rings (SSSR count). The molecule has 1 amide bonds. The molecular formula is C28H26F2N4O5. The number of alkyl halides is 2. The van der Waals surface area contributed by atoms with Crippen LogP contribution in [0, 0.1) is 0 Å². The molecule has 11 heteroatoms. The van der Waals surface area contributed by atoms with E-state index in [9.17, 15) is 4.79 Å². The van der Waals surface area contributed by atoms with Crippen molar-refractivity contribution in [2.45, 2.75) is 18.4 Å². The van der Waals surface area contributed by atoms with E-state index in [1.165, 1.54) is 31.5 Å². The number of benzene rings is 2. The Kier molecular flexibility index (Phi) is 7.05. The van der Waals surface area contributed by atoms with Crippen molar-refractivity contribution < 1.29 is 32.2 Å². The second-order valence-electron chi connectivity index (χ2n) is 8.87. The quantitative estimate of drug-likeness (QED) is 0.297. The number of carbonyl (C=O) groups is 1. The number of likely N-dealkylation sites (tertiary alicyclic amines) is 1. The molecule has 2 aromatic carbocycles. The predicted octanol–water partition coefficient (Wildman–Crippen LogP) is 5.45. The molecule has 3 heterocycles. The minimum Gasteiger partial charge on any atom is -0.497 e. The average molecular weight is 537 g/mol. The third-order valence-corrected chi connectivity index (χ3v) is 6.50. The first kappa shape index (κ1) is 26.0. The molecule has 0 spiro atoms. The Morgan fingerprint density at radius 2 is 2.03 bits per heavy atom. The van der Waals surface area contributed by atoms with Gasteiger partial charge in [0.15, 0.2) is 6.10 Å². The van der Waals surface area contributed by atoms with Gasteiger partial charge in [0.25, 0.3) is 5.92 Å². The van der Waals surface area contributed by atoms with Crippen LogP contribution in [-0.2, 0) is 4.79 Å². The normalized spacial score (nSPS) is 16.5. The third kappa shape index (κ3) is 5.20. The molecule has 1 aliphatic rings. The van der Waals surface area contributed by atoms with E-state index in [-0.39, 0.29) is 18.8 Å². The molecule has 0 aliphatic carbocycles. The lowest BCUT2D eigenvalue weighted by atomic mass is 10.0. The molecule has 9 nitrogen and oxygen atoms in total. The van der Waals surface area contributed by atoms with E-state index in [4.69, 9.17) is 18.6 Å². The van der Waals surface area contributed by atoms with Crippen LogP contribution >= 0.6 is 0 Å². The monoisotopic (exact) mass is 536 g/mol. The topological polar surface area (TPSA) is 99.0 Å². The second kappa shape index (κ2) is 10.6. The number of amides is 1. The molecule has 1 saturated heterocycles. The van der Waals surface area contributed by atoms with E-state index >= 15 is 8.78 Å². The maximum Gasteiger partial charge on any atom is 0.287 e. The van der Waals surface area contributed by atoms with Gasteiger partial charge in [-0.05, 0) is 36.4 Å². The van der Waals surface area contributed by atoms with Crippen LogP contribution in [0.2, 0.25) is 0 Å². The number of rotatable bonds is 8. The molecule has 0 saturated carbocycles. The highest BCUT2D eigenvalue weighted by atomic mass is 19.3. The Morgan fingerprint density at radius 3 is 2.74 bits per heavy atom. The first-order valence-corrected chi connectivity index (χ1v) is 12.1. The number of aromatic nitrogens is 2. The molecule has 2 aromatic heterocycles. The van der Waals surface area contributed by atoms with Crippen molar-refractivity contribution in [2.24, 2.45) is 0 Å². The summed E-state index contributed by atoms with van der Waals surface area (Å²) in [5.74, 6) is -1.72. The van der Waals surface area contributed by atoms with Crippen LogP contribution in [0.3, 0.4) is 0 Å². The van der Waals surface area contributed by atoms with Gasteiger partial charge in [-0.1, -0.05) is 6.58 Å². The van der Waals surface area contributed by atoms with E-state index in [0.29, 0.717) is 39.7 Å². The smallest absolute Gasteiger partial charge is 0.287 e. The number of methoxy groups -OCH3 is 2. The summed E-state index contributed by atoms with van der Waals surface area (Å²) in [6.45, 7) is 3.04. The summed E-state index contributed by atoms with van der Waals surface area (Å²) < 4.78 is 52.4. The fourth-order valence-electron chi connectivity index (χ4n) is 4.44. The Labute approximate surface area is 223 Å². The highest BCUT2D eigenvalue weighted by Crippen LogP contribution is 2.40. The highest BCUT2D eigenvalue weighted by molar-refractivity contribution is 5.97. The summed E-state index contributed by atoms with van der Waals surface area (Å²) in [5, 5.41) is 3.59. The summed E-state index contributed by atoms with van der Waals surface area (Å²) in [6.07, 6.45) is 1.86. The van der Waals surface area contributed by atoms with Crippen LogP contribution in [0.25, 0.3) is 22.2 Å². The number of anilines is 2. The summed E-state index contributed by atoms with van der Waals surface area (Å²) in [4.78, 5) is 22.1. The van der Waals surface area contributed by atoms with E-state index < -0.39 is 24.4 Å². The Hall–Kier alpha value is -4.67. The van der Waals surface area contributed by atoms with E-state index in [1.54, 1.807) is 24.5 Å². The lowest BCUT2D eigenvalue weighted by Crippen LogP contribution is -2.54. The van der Waals surface area contributed by atoms with Crippen LogP contribution in [0.1, 0.15) is 6.42 Å². The minimum atomic E-state index is -3.18. The maximum absolute atomic E-state index is 15.0. The fraction of sp³-hybridized carbons (Fsp3) is 0.250. The van der Waals surface area contributed by atoms with Gasteiger partial charge < -0.3 is 28.8 Å². The maximum atomic E-state index is 15.0. The number of fused-ring (bicyclic) bond motifs is 1. The number of nitrogens with one attached hydrogen (secondary N) is 1. The molecule has 0 bridgehead atoms. The van der Waals surface area contributed by atoms with Gasteiger partial charge in [-0.15, -0.1) is 0 Å². The highest BCUT2D eigenvalue weighted by Gasteiger charge is 2.47. The SMILES string of the molecule is C=CC(=O)N1CCC(F)(F)C(Oc2cc(OC)cc3ncnc(Nc4cc(-c5ccco5)ccc4OC)c23)C1. The Bertz CT molecular complexity index is 1510. The lowest BCUT2D eigenvalue weighted by molar-refractivity contribution is -0.152. The van der Waals surface area contributed by atoms with E-state index in [0.717, 1.165) is 11.6 Å². The number of carbonyl (C=O) groups excluding carboxylic acids is 1. The summed E-state index contributed by atoms with van der Waals surface area (Å²) in [7, 11) is 2.99. The molecule has 1 N–H and O–H groups in total. The van der Waals surface area contributed by atoms with Gasteiger partial charge in [0.05, 0.1) is 43.6 Å². The van der Waals surface area contributed by atoms with Crippen molar-refractivity contribution in [3.8, 4) is 28.6 Å². The molecule has 1 fully saturated rings. The van der Waals surface area contributed by atoms with Crippen molar-refractivity contribution >= 4 is 28.3 Å². The van der Waals surface area contributed by atoms with Gasteiger partial charge in [-0.3, -0.25) is 4.79 Å². The van der Waals surface area contributed by atoms with Crippen LogP contribution in [0.5, 0.6) is 17.2 Å². The number of furan rings is 1. The van der Waals surface area contributed by atoms with Gasteiger partial charge in [0.2, 0.25) is 5.91 Å². The number of ether oxygens (including phenoxy) is 3. The molecule has 1 atom stereocenters. The fourth-order valence-corrected chi connectivity index (χ4v) is 4.44. The first-order chi connectivity index (χ1) is 18.8. The zero-order valence-corrected chi connectivity index (χ0v) is 21.3. The lowest BCUT2D eigenvalue weighted by Gasteiger charge is -2.38. The van der Waals surface area contributed by atoms with Crippen molar-refractivity contribution in [2.75, 3.05) is 32.6 Å². The van der Waals surface area contributed by atoms with Gasteiger partial charge in [0.1, 0.15) is 35.2 Å². The largest absolute Gasteiger partial charge is 0.497 e. The zero-order chi connectivity index (χ0) is 27.6. The summed E-state index contributed by atoms with van der Waals surface area (Å²) in [6, 6.07) is 12.2. The van der Waals surface area contributed by atoms with E-state index in [2.05, 4.69) is 21.9 Å². The summed E-state index contributed by atoms with van der Waals surface area (Å²) in [5.41, 5.74) is 1.74. The van der Waals surface area contributed by atoms with Gasteiger partial charge in [0, 0.05) is 30.7 Å². The van der Waals surface area contributed by atoms with Crippen molar-refractivity contribution in [3.63, 3.8) is 0 Å². The molecule has 1 unspecified atom stereocenters. The zero-order valence-electron chi connectivity index (χ0n) is 21.3. The third-order valence-electron chi connectivity index (χ3n) is 6.50. The van der Waals surface area contributed by atoms with E-state index in [1.807, 2.05) is 18.2 Å². The standard InChI is InChI=1S/C28H26F2N4O5/c1-4-25(35)34-10-9-28(29,30)24(15-34)39-23-14-18(36-2)13-20-26(23)27(32-16-31-20)33-19-12-17(7-8-22(19)37-3)21-6-5-11-38-21/h4-8,11-14,16,24H,1,9-10,15H2,2-3H3,(H,31,32,33). The molecule has 4 aromatic rings. The molecule has 0 radical (unpaired) electrons.